The van der Waals surface area contributed by atoms with Crippen LogP contribution in [0.4, 0.5) is 4.39 Å². The van der Waals surface area contributed by atoms with Crippen molar-refractivity contribution in [1.82, 2.24) is 19.7 Å². The number of halogens is 1. The monoisotopic (exact) mass is 236 g/mol. The lowest BCUT2D eigenvalue weighted by Crippen LogP contribution is -1.98. The van der Waals surface area contributed by atoms with Crippen LogP contribution >= 0.6 is 12.2 Å². The second-order valence-corrected chi connectivity index (χ2v) is 4.23. The van der Waals surface area contributed by atoms with E-state index in [4.69, 9.17) is 12.2 Å². The molecule has 2 aromatic rings. The SMILES string of the molecule is Fc1cncc(-c2n[nH]c(=S)n2C2CC2)c1. The number of nitrogens with one attached hydrogen (secondary N) is 1. The summed E-state index contributed by atoms with van der Waals surface area (Å²) in [5, 5.41) is 6.87. The fourth-order valence-electron chi connectivity index (χ4n) is 1.71. The van der Waals surface area contributed by atoms with Gasteiger partial charge in [-0.25, -0.2) is 4.39 Å². The van der Waals surface area contributed by atoms with E-state index in [1.54, 1.807) is 6.20 Å². The van der Waals surface area contributed by atoms with Crippen LogP contribution in [0, 0.1) is 10.6 Å². The Labute approximate surface area is 96.1 Å². The number of nitrogens with zero attached hydrogens (tertiary/aromatic N) is 3. The van der Waals surface area contributed by atoms with E-state index >= 15 is 0 Å². The molecule has 0 unspecified atom stereocenters. The molecule has 6 heteroatoms. The normalized spacial score (nSPS) is 15.3. The van der Waals surface area contributed by atoms with Crippen LogP contribution in [0.15, 0.2) is 18.5 Å². The van der Waals surface area contributed by atoms with Crippen molar-refractivity contribution in [1.29, 1.82) is 0 Å². The van der Waals surface area contributed by atoms with E-state index in [0.717, 1.165) is 12.8 Å². The highest BCUT2D eigenvalue weighted by molar-refractivity contribution is 7.71. The molecule has 0 bridgehead atoms. The van der Waals surface area contributed by atoms with Crippen molar-refractivity contribution < 1.29 is 4.39 Å². The summed E-state index contributed by atoms with van der Waals surface area (Å²) < 4.78 is 15.6. The first-order chi connectivity index (χ1) is 7.75. The first kappa shape index (κ1) is 9.65. The van der Waals surface area contributed by atoms with Crippen LogP contribution in [-0.4, -0.2) is 19.7 Å². The van der Waals surface area contributed by atoms with Crippen LogP contribution in [-0.2, 0) is 0 Å². The summed E-state index contributed by atoms with van der Waals surface area (Å²) in [7, 11) is 0. The molecule has 16 heavy (non-hydrogen) atoms. The number of pyridine rings is 1. The number of H-pyrrole nitrogens is 1. The molecule has 0 aliphatic heterocycles. The lowest BCUT2D eigenvalue weighted by atomic mass is 10.2. The first-order valence-corrected chi connectivity index (χ1v) is 5.44. The first-order valence-electron chi connectivity index (χ1n) is 5.03. The average molecular weight is 236 g/mol. The second kappa shape index (κ2) is 3.48. The molecular weight excluding hydrogens is 227 g/mol. The van der Waals surface area contributed by atoms with Gasteiger partial charge in [-0.1, -0.05) is 0 Å². The summed E-state index contributed by atoms with van der Waals surface area (Å²) in [6.45, 7) is 0. The van der Waals surface area contributed by atoms with Gasteiger partial charge < -0.3 is 0 Å². The summed E-state index contributed by atoms with van der Waals surface area (Å²) in [5.41, 5.74) is 0.652. The van der Waals surface area contributed by atoms with Gasteiger partial charge in [-0.05, 0) is 31.1 Å². The largest absolute Gasteiger partial charge is 0.297 e. The molecule has 1 aliphatic carbocycles. The molecule has 0 radical (unpaired) electrons. The van der Waals surface area contributed by atoms with Crippen molar-refractivity contribution in [2.45, 2.75) is 18.9 Å². The molecular formula is C10H9FN4S. The molecule has 1 saturated carbocycles. The summed E-state index contributed by atoms with van der Waals surface area (Å²) >= 11 is 5.15. The van der Waals surface area contributed by atoms with E-state index in [-0.39, 0.29) is 5.82 Å². The molecule has 0 amide bonds. The highest BCUT2D eigenvalue weighted by atomic mass is 32.1. The molecule has 1 N–H and O–H groups in total. The minimum absolute atomic E-state index is 0.367. The molecule has 2 heterocycles. The van der Waals surface area contributed by atoms with Crippen LogP contribution in [0.25, 0.3) is 11.4 Å². The van der Waals surface area contributed by atoms with Crippen LogP contribution in [0.2, 0.25) is 0 Å². The van der Waals surface area contributed by atoms with Gasteiger partial charge in [-0.2, -0.15) is 5.10 Å². The van der Waals surface area contributed by atoms with Crippen molar-refractivity contribution in [2.24, 2.45) is 0 Å². The van der Waals surface area contributed by atoms with Crippen LogP contribution < -0.4 is 0 Å². The third-order valence-corrected chi connectivity index (χ3v) is 2.87. The van der Waals surface area contributed by atoms with Crippen molar-refractivity contribution in [3.8, 4) is 11.4 Å². The van der Waals surface area contributed by atoms with Crippen molar-refractivity contribution in [2.75, 3.05) is 0 Å². The standard InChI is InChI=1S/C10H9FN4S/c11-7-3-6(4-12-5-7)9-13-14-10(16)15(9)8-1-2-8/h3-5,8H,1-2H2,(H,14,16). The molecule has 0 aromatic carbocycles. The minimum Gasteiger partial charge on any atom is -0.297 e. The minimum atomic E-state index is -0.367. The molecule has 0 spiro atoms. The van der Waals surface area contributed by atoms with E-state index in [1.807, 2.05) is 4.57 Å². The maximum Gasteiger partial charge on any atom is 0.195 e. The fraction of sp³-hybridized carbons (Fsp3) is 0.300. The van der Waals surface area contributed by atoms with Gasteiger partial charge in [-0.15, -0.1) is 0 Å². The zero-order chi connectivity index (χ0) is 11.1. The zero-order valence-electron chi connectivity index (χ0n) is 8.35. The molecule has 1 aliphatic rings. The summed E-state index contributed by atoms with van der Waals surface area (Å²) in [5.74, 6) is 0.299. The zero-order valence-corrected chi connectivity index (χ0v) is 9.17. The number of aromatic nitrogens is 4. The van der Waals surface area contributed by atoms with Crippen molar-refractivity contribution >= 4 is 12.2 Å². The smallest absolute Gasteiger partial charge is 0.195 e. The Bertz CT molecular complexity index is 585. The fourth-order valence-corrected chi connectivity index (χ4v) is 2.00. The van der Waals surface area contributed by atoms with Gasteiger partial charge in [-0.3, -0.25) is 14.6 Å². The topological polar surface area (TPSA) is 46.5 Å². The molecule has 4 nitrogen and oxygen atoms in total. The third kappa shape index (κ3) is 1.55. The number of aromatic amines is 1. The second-order valence-electron chi connectivity index (χ2n) is 3.85. The lowest BCUT2D eigenvalue weighted by Gasteiger charge is -2.03. The molecule has 82 valence electrons. The predicted octanol–water partition coefficient (Wildman–Crippen LogP) is 2.48. The van der Waals surface area contributed by atoms with Crippen LogP contribution in [0.3, 0.4) is 0 Å². The van der Waals surface area contributed by atoms with E-state index in [9.17, 15) is 4.39 Å². The Hall–Kier alpha value is -1.56. The van der Waals surface area contributed by atoms with E-state index < -0.39 is 0 Å². The molecule has 0 atom stereocenters. The third-order valence-electron chi connectivity index (χ3n) is 2.58. The number of rotatable bonds is 2. The van der Waals surface area contributed by atoms with E-state index in [0.29, 0.717) is 22.2 Å². The Kier molecular flexibility index (Phi) is 2.10. The lowest BCUT2D eigenvalue weighted by molar-refractivity contribution is 0.621. The van der Waals surface area contributed by atoms with Gasteiger partial charge in [0, 0.05) is 17.8 Å². The Morgan fingerprint density at radius 3 is 2.94 bits per heavy atom. The Morgan fingerprint density at radius 2 is 2.25 bits per heavy atom. The van der Waals surface area contributed by atoms with Crippen molar-refractivity contribution in [3.63, 3.8) is 0 Å². The summed E-state index contributed by atoms with van der Waals surface area (Å²) in [6, 6.07) is 1.82. The van der Waals surface area contributed by atoms with E-state index in [1.165, 1.54) is 12.3 Å². The van der Waals surface area contributed by atoms with Crippen LogP contribution in [0.1, 0.15) is 18.9 Å². The van der Waals surface area contributed by atoms with Gasteiger partial charge >= 0.3 is 0 Å². The highest BCUT2D eigenvalue weighted by Gasteiger charge is 2.27. The highest BCUT2D eigenvalue weighted by Crippen LogP contribution is 2.37. The number of hydrogen-bond acceptors (Lipinski definition) is 3. The van der Waals surface area contributed by atoms with Crippen LogP contribution in [0.5, 0.6) is 0 Å². The average Bonchev–Trinajstić information content (AvgIpc) is 3.02. The molecule has 2 aromatic heterocycles. The van der Waals surface area contributed by atoms with E-state index in [2.05, 4.69) is 15.2 Å². The summed E-state index contributed by atoms with van der Waals surface area (Å²) in [6.07, 6.45) is 4.96. The maximum absolute atomic E-state index is 13.1. The summed E-state index contributed by atoms with van der Waals surface area (Å²) in [4.78, 5) is 3.81. The van der Waals surface area contributed by atoms with Crippen molar-refractivity contribution in [3.05, 3.63) is 29.0 Å². The number of hydrogen-bond donors (Lipinski definition) is 1. The Morgan fingerprint density at radius 1 is 1.44 bits per heavy atom. The van der Waals surface area contributed by atoms with Gasteiger partial charge in [0.05, 0.1) is 6.20 Å². The predicted molar refractivity (Wildman–Crippen MR) is 58.9 cm³/mol. The van der Waals surface area contributed by atoms with Gasteiger partial charge in [0.25, 0.3) is 0 Å². The molecule has 0 saturated heterocycles. The van der Waals surface area contributed by atoms with Gasteiger partial charge in [0.2, 0.25) is 0 Å². The Balaban J connectivity index is 2.16. The molecule has 3 rings (SSSR count). The van der Waals surface area contributed by atoms with Gasteiger partial charge in [0.15, 0.2) is 10.6 Å². The quantitative estimate of drug-likeness (QED) is 0.815. The molecule has 1 fully saturated rings. The maximum atomic E-state index is 13.1. The van der Waals surface area contributed by atoms with Gasteiger partial charge in [0.1, 0.15) is 5.82 Å².